The molecular weight excluding hydrogens is 324 g/mol. The molecular formula is C23H36O3. The van der Waals surface area contributed by atoms with Crippen molar-refractivity contribution in [3.63, 3.8) is 0 Å². The first-order valence-electron chi connectivity index (χ1n) is 10.7. The Morgan fingerprint density at radius 3 is 2.65 bits per heavy atom. The van der Waals surface area contributed by atoms with E-state index in [9.17, 15) is 10.2 Å². The van der Waals surface area contributed by atoms with Crippen LogP contribution in [0.25, 0.3) is 0 Å². The zero-order valence-electron chi connectivity index (χ0n) is 16.9. The highest BCUT2D eigenvalue weighted by Crippen LogP contribution is 2.67. The summed E-state index contributed by atoms with van der Waals surface area (Å²) in [6.45, 7) is 9.06. The number of allylic oxidation sites excluding steroid dienone is 4. The minimum Gasteiger partial charge on any atom is -0.498 e. The largest absolute Gasteiger partial charge is 0.498 e. The first-order chi connectivity index (χ1) is 12.3. The van der Waals surface area contributed by atoms with Gasteiger partial charge in [0.2, 0.25) is 0 Å². The van der Waals surface area contributed by atoms with Gasteiger partial charge in [-0.3, -0.25) is 0 Å². The van der Waals surface area contributed by atoms with Crippen LogP contribution in [0.4, 0.5) is 0 Å². The molecule has 0 radical (unpaired) electrons. The molecule has 26 heavy (non-hydrogen) atoms. The molecule has 6 unspecified atom stereocenters. The second-order valence-electron chi connectivity index (χ2n) is 9.78. The summed E-state index contributed by atoms with van der Waals surface area (Å²) in [4.78, 5) is 0. The molecule has 4 aliphatic carbocycles. The van der Waals surface area contributed by atoms with E-state index < -0.39 is 11.2 Å². The van der Waals surface area contributed by atoms with Gasteiger partial charge in [-0.05, 0) is 94.6 Å². The molecule has 0 spiro atoms. The fourth-order valence-corrected chi connectivity index (χ4v) is 7.58. The van der Waals surface area contributed by atoms with E-state index in [1.165, 1.54) is 5.57 Å². The summed E-state index contributed by atoms with van der Waals surface area (Å²) >= 11 is 0. The van der Waals surface area contributed by atoms with Gasteiger partial charge in [0.1, 0.15) is 0 Å². The molecule has 4 rings (SSSR count). The van der Waals surface area contributed by atoms with Crippen molar-refractivity contribution in [2.24, 2.45) is 29.1 Å². The summed E-state index contributed by atoms with van der Waals surface area (Å²) < 4.78 is 5.77. The summed E-state index contributed by atoms with van der Waals surface area (Å²) in [5.74, 6) is 2.87. The molecule has 4 aliphatic rings. The molecule has 0 aliphatic heterocycles. The third kappa shape index (κ3) is 2.46. The Morgan fingerprint density at radius 2 is 1.96 bits per heavy atom. The Balaban J connectivity index is 1.73. The van der Waals surface area contributed by atoms with Gasteiger partial charge in [0.25, 0.3) is 0 Å². The molecule has 146 valence electrons. The molecule has 2 N–H and O–H groups in total. The quantitative estimate of drug-likeness (QED) is 0.774. The van der Waals surface area contributed by atoms with Crippen molar-refractivity contribution >= 4 is 0 Å². The molecule has 2 fully saturated rings. The fraction of sp³-hybridized carbons (Fsp3) is 0.826. The lowest BCUT2D eigenvalue weighted by molar-refractivity contribution is -0.196. The van der Waals surface area contributed by atoms with Gasteiger partial charge < -0.3 is 14.9 Å². The van der Waals surface area contributed by atoms with E-state index in [2.05, 4.69) is 26.0 Å². The molecule has 0 aromatic rings. The van der Waals surface area contributed by atoms with Crippen LogP contribution in [-0.2, 0) is 4.74 Å². The highest BCUT2D eigenvalue weighted by atomic mass is 16.5. The lowest BCUT2D eigenvalue weighted by Crippen LogP contribution is -2.61. The number of hydrogen-bond acceptors (Lipinski definition) is 3. The van der Waals surface area contributed by atoms with Gasteiger partial charge in [-0.15, -0.1) is 0 Å². The van der Waals surface area contributed by atoms with Gasteiger partial charge in [-0.1, -0.05) is 13.0 Å². The summed E-state index contributed by atoms with van der Waals surface area (Å²) in [5.41, 5.74) is -0.119. The van der Waals surface area contributed by atoms with Gasteiger partial charge in [-0.25, -0.2) is 0 Å². The lowest BCUT2D eigenvalue weighted by Gasteiger charge is -2.61. The molecule has 0 aromatic carbocycles. The fourth-order valence-electron chi connectivity index (χ4n) is 7.58. The van der Waals surface area contributed by atoms with Crippen LogP contribution in [0.2, 0.25) is 0 Å². The Kier molecular flexibility index (Phi) is 4.36. The van der Waals surface area contributed by atoms with Gasteiger partial charge in [0.15, 0.2) is 0 Å². The number of ether oxygens (including phenoxy) is 1. The van der Waals surface area contributed by atoms with Crippen LogP contribution in [0.5, 0.6) is 0 Å². The van der Waals surface area contributed by atoms with Crippen LogP contribution in [0.15, 0.2) is 23.5 Å². The van der Waals surface area contributed by atoms with Crippen molar-refractivity contribution in [2.45, 2.75) is 83.8 Å². The predicted octanol–water partition coefficient (Wildman–Crippen LogP) is 4.59. The SMILES string of the molecule is CCOC1=CC2=CCC3C(C2CC1)C(C)(O)C[C@@]1(CC)C3CCC1(C)O. The Morgan fingerprint density at radius 1 is 1.19 bits per heavy atom. The second kappa shape index (κ2) is 6.10. The average molecular weight is 361 g/mol. The third-order valence-electron chi connectivity index (χ3n) is 8.57. The van der Waals surface area contributed by atoms with E-state index in [-0.39, 0.29) is 5.41 Å². The molecule has 7 atom stereocenters. The maximum atomic E-state index is 11.7. The van der Waals surface area contributed by atoms with Gasteiger partial charge in [-0.2, -0.15) is 0 Å². The number of rotatable bonds is 3. The maximum Gasteiger partial charge on any atom is 0.0962 e. The Labute approximate surface area is 158 Å². The van der Waals surface area contributed by atoms with Crippen molar-refractivity contribution in [1.29, 1.82) is 0 Å². The zero-order chi connectivity index (χ0) is 18.7. The number of hydrogen-bond donors (Lipinski definition) is 2. The van der Waals surface area contributed by atoms with Crippen LogP contribution in [0, 0.1) is 29.1 Å². The normalized spacial score (nSPS) is 50.2. The molecule has 3 heteroatoms. The van der Waals surface area contributed by atoms with Crippen molar-refractivity contribution in [2.75, 3.05) is 6.61 Å². The first-order valence-corrected chi connectivity index (χ1v) is 10.7. The van der Waals surface area contributed by atoms with E-state index in [0.29, 0.717) is 23.7 Å². The van der Waals surface area contributed by atoms with E-state index in [1.54, 1.807) is 0 Å². The minimum atomic E-state index is -0.716. The highest BCUT2D eigenvalue weighted by molar-refractivity contribution is 5.33. The molecule has 0 saturated heterocycles. The summed E-state index contributed by atoms with van der Waals surface area (Å²) in [5, 5.41) is 22.9. The second-order valence-corrected chi connectivity index (χ2v) is 9.78. The van der Waals surface area contributed by atoms with Gasteiger partial charge in [0.05, 0.1) is 23.6 Å². The van der Waals surface area contributed by atoms with E-state index in [0.717, 1.165) is 57.3 Å². The topological polar surface area (TPSA) is 49.7 Å². The van der Waals surface area contributed by atoms with Crippen molar-refractivity contribution in [3.05, 3.63) is 23.5 Å². The van der Waals surface area contributed by atoms with Crippen LogP contribution in [-0.4, -0.2) is 28.0 Å². The van der Waals surface area contributed by atoms with Gasteiger partial charge in [0, 0.05) is 11.8 Å². The van der Waals surface area contributed by atoms with Crippen LogP contribution in [0.3, 0.4) is 0 Å². The smallest absolute Gasteiger partial charge is 0.0962 e. The molecule has 0 bridgehead atoms. The van der Waals surface area contributed by atoms with Crippen molar-refractivity contribution < 1.29 is 14.9 Å². The third-order valence-corrected chi connectivity index (χ3v) is 8.57. The Hall–Kier alpha value is -0.800. The van der Waals surface area contributed by atoms with Crippen LogP contribution in [0.1, 0.15) is 72.6 Å². The molecule has 0 amide bonds. The van der Waals surface area contributed by atoms with E-state index in [4.69, 9.17) is 4.74 Å². The summed E-state index contributed by atoms with van der Waals surface area (Å²) in [7, 11) is 0. The Bertz CT molecular complexity index is 629. The summed E-state index contributed by atoms with van der Waals surface area (Å²) in [6.07, 6.45) is 11.4. The maximum absolute atomic E-state index is 11.7. The first kappa shape index (κ1) is 18.6. The lowest BCUT2D eigenvalue weighted by atomic mass is 9.46. The zero-order valence-corrected chi connectivity index (χ0v) is 16.9. The average Bonchev–Trinajstić information content (AvgIpc) is 2.85. The highest BCUT2D eigenvalue weighted by Gasteiger charge is 2.66. The summed E-state index contributed by atoms with van der Waals surface area (Å²) in [6, 6.07) is 0. The minimum absolute atomic E-state index is 0.135. The van der Waals surface area contributed by atoms with Crippen molar-refractivity contribution in [3.8, 4) is 0 Å². The van der Waals surface area contributed by atoms with Crippen molar-refractivity contribution in [1.82, 2.24) is 0 Å². The standard InChI is InChI=1S/C23H36O3/c1-5-23-14-21(3,24)20-17-10-8-16(26-6-2)13-15(17)7-9-18(20)19(23)11-12-22(23,4)25/h7,13,17-20,24-25H,5-6,8-12,14H2,1-4H3/t17?,18?,19?,20?,21?,22?,23-/m0/s1. The molecule has 3 nitrogen and oxygen atoms in total. The predicted molar refractivity (Wildman–Crippen MR) is 103 cm³/mol. The van der Waals surface area contributed by atoms with E-state index >= 15 is 0 Å². The van der Waals surface area contributed by atoms with Crippen LogP contribution < -0.4 is 0 Å². The van der Waals surface area contributed by atoms with E-state index in [1.807, 2.05) is 13.8 Å². The molecule has 0 aromatic heterocycles. The van der Waals surface area contributed by atoms with Gasteiger partial charge >= 0.3 is 0 Å². The van der Waals surface area contributed by atoms with Crippen LogP contribution >= 0.6 is 0 Å². The number of aliphatic hydroxyl groups is 2. The molecule has 0 heterocycles. The number of fused-ring (bicyclic) bond motifs is 5. The molecule has 2 saturated carbocycles. The monoisotopic (exact) mass is 360 g/mol.